The van der Waals surface area contributed by atoms with Crippen LogP contribution in [0.5, 0.6) is 0 Å². The number of fused-ring (bicyclic) bond motifs is 1. The van der Waals surface area contributed by atoms with E-state index in [2.05, 4.69) is 42.5 Å². The molecule has 3 heteroatoms. The summed E-state index contributed by atoms with van der Waals surface area (Å²) in [6, 6.07) is 6.34. The number of anilines is 2. The second-order valence-electron chi connectivity index (χ2n) is 3.99. The van der Waals surface area contributed by atoms with Crippen LogP contribution in [0.15, 0.2) is 18.2 Å². The molecular weight excluding hydrogens is 188 g/mol. The fourth-order valence-corrected chi connectivity index (χ4v) is 2.06. The van der Waals surface area contributed by atoms with E-state index in [1.807, 2.05) is 6.92 Å². The molecule has 0 saturated heterocycles. The van der Waals surface area contributed by atoms with Crippen LogP contribution in [0, 0.1) is 0 Å². The van der Waals surface area contributed by atoms with Crippen molar-refractivity contribution in [3.8, 4) is 0 Å². The average Bonchev–Trinajstić information content (AvgIpc) is 2.59. The van der Waals surface area contributed by atoms with Crippen LogP contribution in [-0.4, -0.2) is 26.9 Å². The molecule has 3 nitrogen and oxygen atoms in total. The minimum atomic E-state index is 0.145. The first kappa shape index (κ1) is 10.3. The van der Waals surface area contributed by atoms with Gasteiger partial charge in [0.05, 0.1) is 0 Å². The zero-order valence-corrected chi connectivity index (χ0v) is 9.58. The van der Waals surface area contributed by atoms with Crippen molar-refractivity contribution in [3.05, 3.63) is 23.8 Å². The van der Waals surface area contributed by atoms with Crippen LogP contribution >= 0.6 is 0 Å². The number of nitrogens with zero attached hydrogens (tertiary/aromatic N) is 1. The topological polar surface area (TPSA) is 24.5 Å². The maximum Gasteiger partial charge on any atom is 0.131 e. The van der Waals surface area contributed by atoms with Crippen LogP contribution < -0.4 is 10.2 Å². The number of nitrogens with one attached hydrogen (secondary N) is 1. The van der Waals surface area contributed by atoms with Crippen LogP contribution in [0.25, 0.3) is 0 Å². The predicted molar refractivity (Wildman–Crippen MR) is 63.5 cm³/mol. The Morgan fingerprint density at radius 2 is 2.27 bits per heavy atom. The van der Waals surface area contributed by atoms with E-state index < -0.39 is 0 Å². The Morgan fingerprint density at radius 3 is 2.93 bits per heavy atom. The van der Waals surface area contributed by atoms with Gasteiger partial charge < -0.3 is 15.0 Å². The van der Waals surface area contributed by atoms with Crippen LogP contribution in [-0.2, 0) is 11.2 Å². The van der Waals surface area contributed by atoms with Crippen molar-refractivity contribution in [2.45, 2.75) is 19.6 Å². The third-order valence-electron chi connectivity index (χ3n) is 2.71. The monoisotopic (exact) mass is 206 g/mol. The number of hydrogen-bond donors (Lipinski definition) is 1. The second-order valence-corrected chi connectivity index (χ2v) is 3.99. The van der Waals surface area contributed by atoms with Crippen molar-refractivity contribution in [3.63, 3.8) is 0 Å². The molecular formula is C12H18N2O. The van der Waals surface area contributed by atoms with E-state index in [1.54, 1.807) is 0 Å². The van der Waals surface area contributed by atoms with Crippen LogP contribution in [0.4, 0.5) is 11.4 Å². The van der Waals surface area contributed by atoms with E-state index in [0.717, 1.165) is 13.0 Å². The predicted octanol–water partition coefficient (Wildman–Crippen LogP) is 2.08. The molecule has 1 atom stereocenters. The molecule has 0 amide bonds. The third-order valence-corrected chi connectivity index (χ3v) is 2.71. The smallest absolute Gasteiger partial charge is 0.131 e. The standard InChI is InChI=1S/C12H18N2O/c1-4-15-12-8-9-10(13-12)6-5-7-11(9)14(2)3/h5-7,12-13H,4,8H2,1-3H3. The largest absolute Gasteiger partial charge is 0.377 e. The van der Waals surface area contributed by atoms with Crippen molar-refractivity contribution >= 4 is 11.4 Å². The normalized spacial score (nSPS) is 18.5. The van der Waals surface area contributed by atoms with Gasteiger partial charge in [0.2, 0.25) is 0 Å². The molecule has 1 aliphatic rings. The van der Waals surface area contributed by atoms with Gasteiger partial charge in [-0.2, -0.15) is 0 Å². The summed E-state index contributed by atoms with van der Waals surface area (Å²) in [7, 11) is 4.15. The van der Waals surface area contributed by atoms with Gasteiger partial charge in [-0.15, -0.1) is 0 Å². The lowest BCUT2D eigenvalue weighted by molar-refractivity contribution is 0.0882. The molecule has 0 radical (unpaired) electrons. The zero-order valence-electron chi connectivity index (χ0n) is 9.58. The number of rotatable bonds is 3. The molecule has 1 aromatic rings. The van der Waals surface area contributed by atoms with Crippen molar-refractivity contribution < 1.29 is 4.74 Å². The van der Waals surface area contributed by atoms with Crippen LogP contribution in [0.2, 0.25) is 0 Å². The lowest BCUT2D eigenvalue weighted by Crippen LogP contribution is -2.19. The van der Waals surface area contributed by atoms with Crippen molar-refractivity contribution in [2.24, 2.45) is 0 Å². The van der Waals surface area contributed by atoms with Gasteiger partial charge in [-0.25, -0.2) is 0 Å². The van der Waals surface area contributed by atoms with E-state index in [0.29, 0.717) is 0 Å². The maximum absolute atomic E-state index is 5.59. The molecule has 15 heavy (non-hydrogen) atoms. The van der Waals surface area contributed by atoms with Crippen LogP contribution in [0.1, 0.15) is 12.5 Å². The van der Waals surface area contributed by atoms with Gasteiger partial charge in [-0.1, -0.05) is 6.07 Å². The van der Waals surface area contributed by atoms with E-state index in [-0.39, 0.29) is 6.23 Å². The minimum Gasteiger partial charge on any atom is -0.377 e. The lowest BCUT2D eigenvalue weighted by Gasteiger charge is -2.16. The van der Waals surface area contributed by atoms with Gasteiger partial charge in [0.15, 0.2) is 0 Å². The molecule has 0 aromatic heterocycles. The summed E-state index contributed by atoms with van der Waals surface area (Å²) in [5.41, 5.74) is 3.85. The molecule has 82 valence electrons. The van der Waals surface area contributed by atoms with Gasteiger partial charge in [0.25, 0.3) is 0 Å². The van der Waals surface area contributed by atoms with Gasteiger partial charge in [0, 0.05) is 44.1 Å². The summed E-state index contributed by atoms with van der Waals surface area (Å²) >= 11 is 0. The Labute approximate surface area is 91.0 Å². The maximum atomic E-state index is 5.59. The van der Waals surface area contributed by atoms with Gasteiger partial charge in [0.1, 0.15) is 6.23 Å². The lowest BCUT2D eigenvalue weighted by atomic mass is 10.1. The van der Waals surface area contributed by atoms with Gasteiger partial charge in [-0.05, 0) is 19.1 Å². The molecule has 0 aliphatic carbocycles. The SMILES string of the molecule is CCOC1Cc2c(cccc2N(C)C)N1. The molecule has 1 N–H and O–H groups in total. The summed E-state index contributed by atoms with van der Waals surface area (Å²) in [4.78, 5) is 2.15. The summed E-state index contributed by atoms with van der Waals surface area (Å²) in [6.45, 7) is 2.78. The number of benzene rings is 1. The second kappa shape index (κ2) is 4.11. The van der Waals surface area contributed by atoms with Crippen molar-refractivity contribution in [1.29, 1.82) is 0 Å². The van der Waals surface area contributed by atoms with Gasteiger partial charge in [-0.3, -0.25) is 0 Å². The molecule has 0 fully saturated rings. The Bertz CT molecular complexity index is 349. The summed E-state index contributed by atoms with van der Waals surface area (Å²) in [5, 5.41) is 3.38. The zero-order chi connectivity index (χ0) is 10.8. The molecule has 0 spiro atoms. The van der Waals surface area contributed by atoms with Crippen LogP contribution in [0.3, 0.4) is 0 Å². The summed E-state index contributed by atoms with van der Waals surface area (Å²) in [6.07, 6.45) is 1.10. The molecule has 0 bridgehead atoms. The third kappa shape index (κ3) is 1.92. The highest BCUT2D eigenvalue weighted by Crippen LogP contribution is 2.33. The Kier molecular flexibility index (Phi) is 2.82. The Morgan fingerprint density at radius 1 is 1.47 bits per heavy atom. The summed E-state index contributed by atoms with van der Waals surface area (Å²) in [5.74, 6) is 0. The quantitative estimate of drug-likeness (QED) is 0.819. The van der Waals surface area contributed by atoms with Crippen molar-refractivity contribution in [1.82, 2.24) is 0 Å². The first-order valence-electron chi connectivity index (χ1n) is 5.39. The first-order valence-corrected chi connectivity index (χ1v) is 5.39. The van der Waals surface area contributed by atoms with E-state index in [1.165, 1.54) is 16.9 Å². The van der Waals surface area contributed by atoms with Crippen molar-refractivity contribution in [2.75, 3.05) is 30.9 Å². The minimum absolute atomic E-state index is 0.145. The van der Waals surface area contributed by atoms with E-state index >= 15 is 0 Å². The van der Waals surface area contributed by atoms with E-state index in [9.17, 15) is 0 Å². The molecule has 1 aromatic carbocycles. The number of ether oxygens (including phenoxy) is 1. The molecule has 0 saturated carbocycles. The molecule has 1 unspecified atom stereocenters. The Balaban J connectivity index is 2.25. The molecule has 1 heterocycles. The number of hydrogen-bond acceptors (Lipinski definition) is 3. The fourth-order valence-electron chi connectivity index (χ4n) is 2.06. The van der Waals surface area contributed by atoms with Gasteiger partial charge >= 0.3 is 0 Å². The molecule has 1 aliphatic heterocycles. The molecule has 2 rings (SSSR count). The Hall–Kier alpha value is -1.22. The van der Waals surface area contributed by atoms with E-state index in [4.69, 9.17) is 4.74 Å². The highest BCUT2D eigenvalue weighted by Gasteiger charge is 2.23. The highest BCUT2D eigenvalue weighted by molar-refractivity contribution is 5.69. The fraction of sp³-hybridized carbons (Fsp3) is 0.500. The first-order chi connectivity index (χ1) is 7.22. The average molecular weight is 206 g/mol. The summed E-state index contributed by atoms with van der Waals surface area (Å²) < 4.78 is 5.59. The highest BCUT2D eigenvalue weighted by atomic mass is 16.5.